The predicted octanol–water partition coefficient (Wildman–Crippen LogP) is 2.31. The summed E-state index contributed by atoms with van der Waals surface area (Å²) >= 11 is 5.57. The van der Waals surface area contributed by atoms with Gasteiger partial charge in [-0.15, -0.1) is 11.6 Å². The lowest BCUT2D eigenvalue weighted by Crippen LogP contribution is -2.37. The second kappa shape index (κ2) is 8.62. The molecule has 4 nitrogen and oxygen atoms in total. The van der Waals surface area contributed by atoms with Crippen LogP contribution in [-0.4, -0.2) is 35.2 Å². The van der Waals surface area contributed by atoms with Crippen LogP contribution in [0.15, 0.2) is 24.3 Å². The topological polar surface area (TPSA) is 49.4 Å². The van der Waals surface area contributed by atoms with Crippen LogP contribution >= 0.6 is 11.6 Å². The Hall–Kier alpha value is -1.62. The van der Waals surface area contributed by atoms with Gasteiger partial charge in [0.25, 0.3) is 0 Å². The first-order chi connectivity index (χ1) is 9.93. The highest BCUT2D eigenvalue weighted by Crippen LogP contribution is 2.11. The lowest BCUT2D eigenvalue weighted by Gasteiger charge is -2.22. The minimum absolute atomic E-state index is 0.0428. The van der Waals surface area contributed by atoms with Crippen LogP contribution in [-0.2, 0) is 16.1 Å². The molecule has 0 unspecified atom stereocenters. The molecule has 0 aliphatic heterocycles. The van der Waals surface area contributed by atoms with E-state index in [0.717, 1.165) is 0 Å². The van der Waals surface area contributed by atoms with Gasteiger partial charge in [-0.2, -0.15) is 0 Å². The Labute approximate surface area is 129 Å². The Morgan fingerprint density at radius 1 is 1.33 bits per heavy atom. The maximum absolute atomic E-state index is 13.6. The zero-order valence-corrected chi connectivity index (χ0v) is 13.0. The Bertz CT molecular complexity index is 494. The first-order valence-electron chi connectivity index (χ1n) is 6.80. The molecule has 0 aromatic heterocycles. The van der Waals surface area contributed by atoms with Gasteiger partial charge in [-0.25, -0.2) is 4.39 Å². The Morgan fingerprint density at radius 3 is 2.57 bits per heavy atom. The smallest absolute Gasteiger partial charge is 0.237 e. The second-order valence-electron chi connectivity index (χ2n) is 5.01. The second-order valence-corrected chi connectivity index (χ2v) is 5.28. The van der Waals surface area contributed by atoms with Crippen LogP contribution < -0.4 is 5.32 Å². The molecule has 1 N–H and O–H groups in total. The monoisotopic (exact) mass is 314 g/mol. The van der Waals surface area contributed by atoms with Gasteiger partial charge in [0.05, 0.1) is 0 Å². The average Bonchev–Trinajstić information content (AvgIpc) is 2.43. The largest absolute Gasteiger partial charge is 0.354 e. The van der Waals surface area contributed by atoms with Gasteiger partial charge in [-0.3, -0.25) is 9.59 Å². The third-order valence-corrected chi connectivity index (χ3v) is 3.07. The van der Waals surface area contributed by atoms with Crippen LogP contribution in [0.1, 0.15) is 25.8 Å². The predicted molar refractivity (Wildman–Crippen MR) is 80.4 cm³/mol. The zero-order chi connectivity index (χ0) is 15.8. The molecule has 0 aliphatic rings. The molecule has 1 aromatic carbocycles. The fourth-order valence-electron chi connectivity index (χ4n) is 1.84. The number of nitrogens with one attached hydrogen (secondary N) is 1. The van der Waals surface area contributed by atoms with Crippen LogP contribution in [0.2, 0.25) is 0 Å². The van der Waals surface area contributed by atoms with E-state index in [0.29, 0.717) is 5.56 Å². The van der Waals surface area contributed by atoms with Crippen LogP contribution in [0.5, 0.6) is 0 Å². The highest BCUT2D eigenvalue weighted by molar-refractivity contribution is 6.27. The molecule has 1 rings (SSSR count). The van der Waals surface area contributed by atoms with E-state index >= 15 is 0 Å². The molecule has 0 saturated heterocycles. The van der Waals surface area contributed by atoms with E-state index in [2.05, 4.69) is 5.32 Å². The van der Waals surface area contributed by atoms with Crippen molar-refractivity contribution in [3.63, 3.8) is 0 Å². The minimum Gasteiger partial charge on any atom is -0.354 e. The molecule has 21 heavy (non-hydrogen) atoms. The summed E-state index contributed by atoms with van der Waals surface area (Å²) in [5.74, 6) is -1.04. The highest BCUT2D eigenvalue weighted by atomic mass is 35.5. The van der Waals surface area contributed by atoms with E-state index in [1.807, 2.05) is 13.8 Å². The van der Waals surface area contributed by atoms with Gasteiger partial charge < -0.3 is 10.2 Å². The van der Waals surface area contributed by atoms with E-state index < -0.39 is 0 Å². The maximum Gasteiger partial charge on any atom is 0.237 e. The summed E-state index contributed by atoms with van der Waals surface area (Å²) in [6, 6.07) is 6.28. The number of carbonyl (C=O) groups is 2. The number of amides is 2. The molecule has 0 heterocycles. The van der Waals surface area contributed by atoms with Gasteiger partial charge in [-0.05, 0) is 19.9 Å². The lowest BCUT2D eigenvalue weighted by molar-refractivity contribution is -0.130. The Kier molecular flexibility index (Phi) is 7.15. The number of nitrogens with zero attached hydrogens (tertiary/aromatic N) is 1. The van der Waals surface area contributed by atoms with Crippen molar-refractivity contribution in [2.75, 3.05) is 12.4 Å². The molecule has 0 aliphatic carbocycles. The fraction of sp³-hybridized carbons (Fsp3) is 0.467. The number of hydrogen-bond acceptors (Lipinski definition) is 2. The van der Waals surface area contributed by atoms with Crippen LogP contribution in [0, 0.1) is 5.82 Å². The molecule has 0 spiro atoms. The Morgan fingerprint density at radius 2 is 2.00 bits per heavy atom. The number of hydrogen-bond donors (Lipinski definition) is 1. The van der Waals surface area contributed by atoms with Gasteiger partial charge in [0.15, 0.2) is 0 Å². The van der Waals surface area contributed by atoms with Crippen LogP contribution in [0.4, 0.5) is 4.39 Å². The number of halogens is 2. The Balaban J connectivity index is 2.67. The molecule has 0 fully saturated rings. The van der Waals surface area contributed by atoms with E-state index in [-0.39, 0.29) is 49.1 Å². The van der Waals surface area contributed by atoms with Crippen molar-refractivity contribution >= 4 is 23.4 Å². The van der Waals surface area contributed by atoms with Gasteiger partial charge >= 0.3 is 0 Å². The van der Waals surface area contributed by atoms with Crippen molar-refractivity contribution < 1.29 is 14.0 Å². The summed E-state index contributed by atoms with van der Waals surface area (Å²) in [6.45, 7) is 4.03. The third-order valence-electron chi connectivity index (χ3n) is 2.84. The average molecular weight is 315 g/mol. The van der Waals surface area contributed by atoms with Crippen LogP contribution in [0.3, 0.4) is 0 Å². The lowest BCUT2D eigenvalue weighted by atomic mass is 10.2. The quantitative estimate of drug-likeness (QED) is 0.785. The molecular weight excluding hydrogens is 295 g/mol. The molecule has 0 radical (unpaired) electrons. The first kappa shape index (κ1) is 17.4. The number of carbonyl (C=O) groups excluding carboxylic acids is 2. The van der Waals surface area contributed by atoms with E-state index in [1.54, 1.807) is 18.2 Å². The van der Waals surface area contributed by atoms with Gasteiger partial charge in [-0.1, -0.05) is 18.2 Å². The molecular formula is C15H20ClFN2O2. The zero-order valence-electron chi connectivity index (χ0n) is 12.2. The molecule has 2 amide bonds. The third kappa shape index (κ3) is 6.12. The highest BCUT2D eigenvalue weighted by Gasteiger charge is 2.16. The first-order valence-corrected chi connectivity index (χ1v) is 7.34. The van der Waals surface area contributed by atoms with Gasteiger partial charge in [0, 0.05) is 31.1 Å². The molecule has 116 valence electrons. The number of alkyl halides is 1. The molecule has 0 bridgehead atoms. The van der Waals surface area contributed by atoms with Crippen molar-refractivity contribution in [2.24, 2.45) is 0 Å². The van der Waals surface area contributed by atoms with Crippen molar-refractivity contribution in [3.05, 3.63) is 35.6 Å². The van der Waals surface area contributed by atoms with Gasteiger partial charge in [0.2, 0.25) is 11.8 Å². The molecule has 6 heteroatoms. The maximum atomic E-state index is 13.6. The van der Waals surface area contributed by atoms with E-state index in [4.69, 9.17) is 11.6 Å². The minimum atomic E-state index is -0.378. The fourth-order valence-corrected chi connectivity index (χ4v) is 2.01. The SMILES string of the molecule is CC(C)NC(=O)CCN(Cc1ccccc1F)C(=O)CCl. The summed E-state index contributed by atoms with van der Waals surface area (Å²) in [5.41, 5.74) is 0.403. The number of benzene rings is 1. The summed E-state index contributed by atoms with van der Waals surface area (Å²) < 4.78 is 13.6. The standard InChI is InChI=1S/C15H20ClFN2O2/c1-11(2)18-14(20)7-8-19(15(21)9-16)10-12-5-3-4-6-13(12)17/h3-6,11H,7-10H2,1-2H3,(H,18,20). The number of rotatable bonds is 7. The van der Waals surface area contributed by atoms with Crippen LogP contribution in [0.25, 0.3) is 0 Å². The summed E-state index contributed by atoms with van der Waals surface area (Å²) in [4.78, 5) is 24.8. The molecule has 0 saturated carbocycles. The molecule has 0 atom stereocenters. The van der Waals surface area contributed by atoms with E-state index in [1.165, 1.54) is 11.0 Å². The summed E-state index contributed by atoms with van der Waals surface area (Å²) in [7, 11) is 0. The molecule has 1 aromatic rings. The van der Waals surface area contributed by atoms with E-state index in [9.17, 15) is 14.0 Å². The van der Waals surface area contributed by atoms with Crippen molar-refractivity contribution in [3.8, 4) is 0 Å². The normalized spacial score (nSPS) is 10.5. The van der Waals surface area contributed by atoms with Crippen molar-refractivity contribution in [1.82, 2.24) is 10.2 Å². The summed E-state index contributed by atoms with van der Waals surface area (Å²) in [6.07, 6.45) is 0.162. The van der Waals surface area contributed by atoms with Gasteiger partial charge in [0.1, 0.15) is 11.7 Å². The van der Waals surface area contributed by atoms with Crippen molar-refractivity contribution in [1.29, 1.82) is 0 Å². The summed E-state index contributed by atoms with van der Waals surface area (Å²) in [5, 5.41) is 2.75. The van der Waals surface area contributed by atoms with Crippen molar-refractivity contribution in [2.45, 2.75) is 32.9 Å².